The van der Waals surface area contributed by atoms with Crippen LogP contribution in [0, 0.1) is 17.8 Å². The quantitative estimate of drug-likeness (QED) is 0.310. The first-order valence-corrected chi connectivity index (χ1v) is 15.9. The van der Waals surface area contributed by atoms with E-state index in [2.05, 4.69) is 31.9 Å². The van der Waals surface area contributed by atoms with Gasteiger partial charge in [0.15, 0.2) is 0 Å². The third kappa shape index (κ3) is 5.62. The molecule has 3 aliphatic rings. The number of carbonyl (C=O) groups excluding carboxylic acids is 3. The number of aliphatic hydroxyl groups is 1. The van der Waals surface area contributed by atoms with E-state index in [4.69, 9.17) is 4.74 Å². The second kappa shape index (κ2) is 13.6. The second-order valence-corrected chi connectivity index (χ2v) is 12.3. The maximum Gasteiger partial charge on any atom is 0.253 e. The topological polar surface area (TPSA) is 93.6 Å². The molecule has 6 atom stereocenters. The summed E-state index contributed by atoms with van der Waals surface area (Å²) in [7, 11) is 0. The lowest BCUT2D eigenvalue weighted by Crippen LogP contribution is -2.59. The largest absolute Gasteiger partial charge is 0.394 e. The van der Waals surface area contributed by atoms with Crippen molar-refractivity contribution in [3.63, 3.8) is 0 Å². The number of aliphatic hydroxyl groups excluding tert-OH is 1. The normalized spacial score (nSPS) is 26.4. The summed E-state index contributed by atoms with van der Waals surface area (Å²) in [5.41, 5.74) is 0.610. The average Bonchev–Trinajstić information content (AvgIpc) is 3.64. The highest BCUT2D eigenvalue weighted by molar-refractivity contribution is 6.05. The van der Waals surface area contributed by atoms with Gasteiger partial charge in [-0.3, -0.25) is 14.4 Å². The van der Waals surface area contributed by atoms with Crippen LogP contribution in [0.2, 0.25) is 0 Å². The summed E-state index contributed by atoms with van der Waals surface area (Å²) in [5, 5.41) is 10.5. The molecule has 2 unspecified atom stereocenters. The molecule has 3 saturated heterocycles. The Hall–Kier alpha value is -3.17. The molecule has 1 aromatic carbocycles. The standard InChI is InChI=1S/C34H50N4O5/c1-8-19-36(20-9-2)31(40)28-27-17-18-34(43-27)29(28)32(41)38(26(22-39)23(6)7)30(34)33(42)37(21-10-3)25-15-13-24(14-16-25)35(11-4)12-5/h8,10,13-16,23,26-30,39H,1,3,9,11-12,17-22H2,2,4-7H3/t26-,27-,28+,29-,30?,34?/m0/s1. The average molecular weight is 595 g/mol. The number of rotatable bonds is 15. The predicted molar refractivity (Wildman–Crippen MR) is 170 cm³/mol. The van der Waals surface area contributed by atoms with E-state index in [0.29, 0.717) is 31.6 Å². The Kier molecular flexibility index (Phi) is 10.4. The molecule has 236 valence electrons. The lowest BCUT2D eigenvalue weighted by Gasteiger charge is -2.40. The van der Waals surface area contributed by atoms with Crippen molar-refractivity contribution in [2.24, 2.45) is 17.8 Å². The van der Waals surface area contributed by atoms with Crippen molar-refractivity contribution in [2.45, 2.75) is 77.7 Å². The Morgan fingerprint density at radius 3 is 2.23 bits per heavy atom. The number of hydrogen-bond donors (Lipinski definition) is 1. The van der Waals surface area contributed by atoms with Gasteiger partial charge >= 0.3 is 0 Å². The fourth-order valence-corrected chi connectivity index (χ4v) is 7.59. The second-order valence-electron chi connectivity index (χ2n) is 12.3. The summed E-state index contributed by atoms with van der Waals surface area (Å²) >= 11 is 0. The SMILES string of the molecule is C=CCN(CCC)C(=O)[C@@H]1[C@@H]2CCC3(O2)C(C(=O)N(CC=C)c2ccc(N(CC)CC)cc2)N([C@@H](CO)C(C)C)C(=O)[C@H]13. The molecule has 1 aromatic rings. The van der Waals surface area contributed by atoms with Crippen LogP contribution in [0.25, 0.3) is 0 Å². The number of benzene rings is 1. The van der Waals surface area contributed by atoms with E-state index in [0.717, 1.165) is 25.2 Å². The van der Waals surface area contributed by atoms with Crippen LogP contribution in [0.1, 0.15) is 53.9 Å². The van der Waals surface area contributed by atoms with Gasteiger partial charge in [0.25, 0.3) is 5.91 Å². The summed E-state index contributed by atoms with van der Waals surface area (Å²) in [4.78, 5) is 50.5. The fraction of sp³-hybridized carbons (Fsp3) is 0.618. The number of likely N-dealkylation sites (tertiary alicyclic amines) is 1. The van der Waals surface area contributed by atoms with Gasteiger partial charge in [0.1, 0.15) is 11.6 Å². The molecule has 3 aliphatic heterocycles. The maximum atomic E-state index is 14.8. The monoisotopic (exact) mass is 594 g/mol. The first-order valence-electron chi connectivity index (χ1n) is 15.9. The molecule has 1 spiro atoms. The minimum absolute atomic E-state index is 0.121. The van der Waals surface area contributed by atoms with Gasteiger partial charge in [-0.2, -0.15) is 0 Å². The van der Waals surface area contributed by atoms with E-state index in [9.17, 15) is 19.5 Å². The van der Waals surface area contributed by atoms with E-state index >= 15 is 0 Å². The molecule has 4 rings (SSSR count). The summed E-state index contributed by atoms with van der Waals surface area (Å²) < 4.78 is 6.68. The van der Waals surface area contributed by atoms with Gasteiger partial charge in [-0.05, 0) is 63.3 Å². The number of nitrogens with zero attached hydrogens (tertiary/aromatic N) is 4. The van der Waals surface area contributed by atoms with Gasteiger partial charge in [0.2, 0.25) is 11.8 Å². The van der Waals surface area contributed by atoms with E-state index < -0.39 is 35.6 Å². The van der Waals surface area contributed by atoms with Crippen molar-refractivity contribution in [3.05, 3.63) is 49.6 Å². The highest BCUT2D eigenvalue weighted by Gasteiger charge is 2.75. The zero-order valence-corrected chi connectivity index (χ0v) is 26.6. The van der Waals surface area contributed by atoms with E-state index in [1.807, 2.05) is 45.0 Å². The molecule has 0 aromatic heterocycles. The zero-order valence-electron chi connectivity index (χ0n) is 26.6. The Labute approximate surface area is 257 Å². The van der Waals surface area contributed by atoms with E-state index in [-0.39, 0.29) is 36.8 Å². The number of anilines is 2. The molecule has 3 fully saturated rings. The van der Waals surface area contributed by atoms with Crippen LogP contribution in [0.15, 0.2) is 49.6 Å². The predicted octanol–water partition coefficient (Wildman–Crippen LogP) is 3.87. The van der Waals surface area contributed by atoms with Gasteiger partial charge in [0.05, 0.1) is 30.6 Å². The number of amides is 3. The molecular weight excluding hydrogens is 544 g/mol. The highest BCUT2D eigenvalue weighted by Crippen LogP contribution is 2.59. The third-order valence-corrected chi connectivity index (χ3v) is 9.59. The molecule has 1 N–H and O–H groups in total. The zero-order chi connectivity index (χ0) is 31.5. The molecule has 0 radical (unpaired) electrons. The third-order valence-electron chi connectivity index (χ3n) is 9.59. The van der Waals surface area contributed by atoms with Crippen molar-refractivity contribution >= 4 is 29.1 Å². The minimum Gasteiger partial charge on any atom is -0.394 e. The van der Waals surface area contributed by atoms with Crippen LogP contribution in [-0.2, 0) is 19.1 Å². The van der Waals surface area contributed by atoms with Gasteiger partial charge in [-0.1, -0.05) is 32.9 Å². The first kappa shape index (κ1) is 32.7. The van der Waals surface area contributed by atoms with Gasteiger partial charge in [-0.15, -0.1) is 13.2 Å². The Morgan fingerprint density at radius 1 is 1.07 bits per heavy atom. The Balaban J connectivity index is 1.79. The van der Waals surface area contributed by atoms with E-state index in [1.54, 1.807) is 26.9 Å². The molecule has 3 amide bonds. The summed E-state index contributed by atoms with van der Waals surface area (Å²) in [5.74, 6) is -2.28. The van der Waals surface area contributed by atoms with Crippen molar-refractivity contribution in [3.8, 4) is 0 Å². The minimum atomic E-state index is -1.14. The summed E-state index contributed by atoms with van der Waals surface area (Å²) in [6.07, 6.45) is 4.81. The number of hydrogen-bond acceptors (Lipinski definition) is 6. The molecular formula is C34H50N4O5. The van der Waals surface area contributed by atoms with E-state index in [1.165, 1.54) is 0 Å². The van der Waals surface area contributed by atoms with Crippen LogP contribution < -0.4 is 9.80 Å². The lowest BCUT2D eigenvalue weighted by atomic mass is 9.70. The molecule has 9 heteroatoms. The molecule has 43 heavy (non-hydrogen) atoms. The lowest BCUT2D eigenvalue weighted by molar-refractivity contribution is -0.148. The fourth-order valence-electron chi connectivity index (χ4n) is 7.59. The van der Waals surface area contributed by atoms with Crippen molar-refractivity contribution < 1.29 is 24.2 Å². The molecule has 2 bridgehead atoms. The van der Waals surface area contributed by atoms with Crippen molar-refractivity contribution in [1.82, 2.24) is 9.80 Å². The van der Waals surface area contributed by atoms with Gasteiger partial charge in [0, 0.05) is 44.1 Å². The van der Waals surface area contributed by atoms with Crippen LogP contribution in [0.4, 0.5) is 11.4 Å². The van der Waals surface area contributed by atoms with Crippen LogP contribution >= 0.6 is 0 Å². The maximum absolute atomic E-state index is 14.8. The Bertz CT molecular complexity index is 1180. The van der Waals surface area contributed by atoms with Crippen LogP contribution in [-0.4, -0.2) is 95.7 Å². The number of ether oxygens (including phenoxy) is 1. The molecule has 0 aliphatic carbocycles. The first-order chi connectivity index (χ1) is 20.6. The van der Waals surface area contributed by atoms with Gasteiger partial charge in [-0.25, -0.2) is 0 Å². The van der Waals surface area contributed by atoms with Crippen molar-refractivity contribution in [1.29, 1.82) is 0 Å². The van der Waals surface area contributed by atoms with Crippen molar-refractivity contribution in [2.75, 3.05) is 49.1 Å². The molecule has 9 nitrogen and oxygen atoms in total. The molecule has 3 heterocycles. The summed E-state index contributed by atoms with van der Waals surface area (Å²) in [6.45, 7) is 20.4. The van der Waals surface area contributed by atoms with Gasteiger partial charge < -0.3 is 29.4 Å². The van der Waals surface area contributed by atoms with Crippen LogP contribution in [0.5, 0.6) is 0 Å². The van der Waals surface area contributed by atoms with Crippen LogP contribution in [0.3, 0.4) is 0 Å². The number of fused-ring (bicyclic) bond motifs is 1. The molecule has 0 saturated carbocycles. The smallest absolute Gasteiger partial charge is 0.253 e. The highest BCUT2D eigenvalue weighted by atomic mass is 16.5. The Morgan fingerprint density at radius 2 is 1.70 bits per heavy atom. The summed E-state index contributed by atoms with van der Waals surface area (Å²) in [6, 6.07) is 6.28. The number of carbonyl (C=O) groups is 3.